The van der Waals surface area contributed by atoms with Crippen molar-refractivity contribution in [1.82, 2.24) is 10.2 Å². The number of halogens is 3. The predicted octanol–water partition coefficient (Wildman–Crippen LogP) is 2.47. The molecule has 23 heavy (non-hydrogen) atoms. The molecule has 5 nitrogen and oxygen atoms in total. The molecule has 2 rings (SSSR count). The molecule has 0 unspecified atom stereocenters. The fraction of sp³-hybridized carbons (Fsp3) is 0.467. The van der Waals surface area contributed by atoms with E-state index in [0.717, 1.165) is 5.56 Å². The molecular weight excluding hydrogens is 313 g/mol. The first-order valence-electron chi connectivity index (χ1n) is 7.20. The fourth-order valence-corrected chi connectivity index (χ4v) is 2.27. The molecular formula is C15H17F3N2O3. The SMILES string of the molecule is CCCO[C@@]1(C(F)(F)F)NC(=O)N(CCc2ccccc2)C1=O. The maximum atomic E-state index is 13.3. The van der Waals surface area contributed by atoms with Crippen LogP contribution in [0.5, 0.6) is 0 Å². The van der Waals surface area contributed by atoms with Crippen LogP contribution in [0.3, 0.4) is 0 Å². The van der Waals surface area contributed by atoms with Crippen LogP contribution in [0.25, 0.3) is 0 Å². The molecule has 126 valence electrons. The lowest BCUT2D eigenvalue weighted by molar-refractivity contribution is -0.271. The number of alkyl halides is 3. The van der Waals surface area contributed by atoms with Crippen LogP contribution in [-0.2, 0) is 16.0 Å². The highest BCUT2D eigenvalue weighted by atomic mass is 19.4. The van der Waals surface area contributed by atoms with Gasteiger partial charge in [0.15, 0.2) is 0 Å². The molecule has 1 N–H and O–H groups in total. The summed E-state index contributed by atoms with van der Waals surface area (Å²) < 4.78 is 44.7. The molecule has 0 aromatic heterocycles. The number of amides is 3. The predicted molar refractivity (Wildman–Crippen MR) is 75.4 cm³/mol. The lowest BCUT2D eigenvalue weighted by Gasteiger charge is -2.28. The number of rotatable bonds is 6. The molecule has 3 amide bonds. The van der Waals surface area contributed by atoms with E-state index in [9.17, 15) is 22.8 Å². The van der Waals surface area contributed by atoms with Gasteiger partial charge in [-0.15, -0.1) is 0 Å². The molecule has 1 saturated heterocycles. The molecule has 1 fully saturated rings. The summed E-state index contributed by atoms with van der Waals surface area (Å²) in [5.74, 6) is -1.42. The van der Waals surface area contributed by atoms with E-state index in [4.69, 9.17) is 4.74 Å². The standard InChI is InChI=1S/C15H17F3N2O3/c1-2-10-23-14(15(16,17)18)12(21)20(13(22)19-14)9-8-11-6-4-3-5-7-11/h3-7H,2,8-10H2,1H3,(H,19,22)/t14-/m0/s1. The summed E-state index contributed by atoms with van der Waals surface area (Å²) in [5.41, 5.74) is -2.47. The molecule has 0 bridgehead atoms. The molecule has 1 aromatic rings. The number of hydrogen-bond acceptors (Lipinski definition) is 3. The Balaban J connectivity index is 2.16. The molecule has 0 spiro atoms. The van der Waals surface area contributed by atoms with Crippen LogP contribution >= 0.6 is 0 Å². The molecule has 1 aromatic carbocycles. The largest absolute Gasteiger partial charge is 0.446 e. The van der Waals surface area contributed by atoms with Crippen molar-refractivity contribution in [3.05, 3.63) is 35.9 Å². The van der Waals surface area contributed by atoms with Crippen molar-refractivity contribution in [1.29, 1.82) is 0 Å². The summed E-state index contributed by atoms with van der Waals surface area (Å²) in [7, 11) is 0. The topological polar surface area (TPSA) is 58.6 Å². The highest BCUT2D eigenvalue weighted by Gasteiger charge is 2.69. The van der Waals surface area contributed by atoms with E-state index in [1.165, 1.54) is 0 Å². The summed E-state index contributed by atoms with van der Waals surface area (Å²) >= 11 is 0. The molecule has 1 aliphatic rings. The summed E-state index contributed by atoms with van der Waals surface area (Å²) in [6, 6.07) is 7.77. The minimum atomic E-state index is -5.03. The van der Waals surface area contributed by atoms with E-state index in [2.05, 4.69) is 0 Å². The first-order valence-corrected chi connectivity index (χ1v) is 7.20. The van der Waals surface area contributed by atoms with Gasteiger partial charge in [0.25, 0.3) is 5.91 Å². The minimum absolute atomic E-state index is 0.151. The van der Waals surface area contributed by atoms with Gasteiger partial charge in [-0.2, -0.15) is 13.2 Å². The fourth-order valence-electron chi connectivity index (χ4n) is 2.27. The Bertz CT molecular complexity index is 577. The van der Waals surface area contributed by atoms with Crippen molar-refractivity contribution in [2.24, 2.45) is 0 Å². The number of carbonyl (C=O) groups excluding carboxylic acids is 2. The molecule has 0 saturated carbocycles. The smallest absolute Gasteiger partial charge is 0.340 e. The quantitative estimate of drug-likeness (QED) is 0.815. The highest BCUT2D eigenvalue weighted by molar-refractivity contribution is 6.06. The molecule has 1 atom stereocenters. The average molecular weight is 330 g/mol. The van der Waals surface area contributed by atoms with Crippen LogP contribution in [-0.4, -0.2) is 41.9 Å². The zero-order chi connectivity index (χ0) is 17.1. The summed E-state index contributed by atoms with van der Waals surface area (Å²) in [5, 5.41) is 1.67. The second-order valence-corrected chi connectivity index (χ2v) is 5.15. The van der Waals surface area contributed by atoms with Gasteiger partial charge in [-0.1, -0.05) is 37.3 Å². The van der Waals surface area contributed by atoms with Gasteiger partial charge < -0.3 is 4.74 Å². The van der Waals surface area contributed by atoms with Crippen molar-refractivity contribution in [3.8, 4) is 0 Å². The number of nitrogens with one attached hydrogen (secondary N) is 1. The van der Waals surface area contributed by atoms with E-state index in [1.807, 2.05) is 0 Å². The van der Waals surface area contributed by atoms with Crippen molar-refractivity contribution >= 4 is 11.9 Å². The number of imide groups is 1. The van der Waals surface area contributed by atoms with Crippen LogP contribution in [0.15, 0.2) is 30.3 Å². The van der Waals surface area contributed by atoms with E-state index < -0.39 is 23.8 Å². The maximum Gasteiger partial charge on any atom is 0.446 e. The molecule has 1 heterocycles. The van der Waals surface area contributed by atoms with Gasteiger partial charge in [0.05, 0.1) is 6.61 Å². The third-order valence-electron chi connectivity index (χ3n) is 3.46. The number of carbonyl (C=O) groups is 2. The van der Waals surface area contributed by atoms with Gasteiger partial charge >= 0.3 is 17.9 Å². The molecule has 0 aliphatic carbocycles. The third-order valence-corrected chi connectivity index (χ3v) is 3.46. The Kier molecular flexibility index (Phi) is 4.93. The van der Waals surface area contributed by atoms with Gasteiger partial charge in [-0.05, 0) is 18.4 Å². The second-order valence-electron chi connectivity index (χ2n) is 5.15. The van der Waals surface area contributed by atoms with E-state index in [0.29, 0.717) is 4.90 Å². The normalized spacial score (nSPS) is 21.7. The summed E-state index contributed by atoms with van der Waals surface area (Å²) in [6.07, 6.45) is -4.48. The van der Waals surface area contributed by atoms with Gasteiger partial charge in [0.2, 0.25) is 0 Å². The molecule has 8 heteroatoms. The number of benzene rings is 1. The number of hydrogen-bond donors (Lipinski definition) is 1. The first kappa shape index (κ1) is 17.3. The van der Waals surface area contributed by atoms with Crippen LogP contribution in [0.2, 0.25) is 0 Å². The van der Waals surface area contributed by atoms with Crippen molar-refractivity contribution in [2.45, 2.75) is 31.7 Å². The first-order chi connectivity index (χ1) is 10.8. The zero-order valence-corrected chi connectivity index (χ0v) is 12.5. The van der Waals surface area contributed by atoms with Gasteiger partial charge in [-0.25, -0.2) is 4.79 Å². The minimum Gasteiger partial charge on any atom is -0.340 e. The number of nitrogens with zero attached hydrogens (tertiary/aromatic N) is 1. The Morgan fingerprint density at radius 3 is 2.43 bits per heavy atom. The Morgan fingerprint density at radius 1 is 1.22 bits per heavy atom. The van der Waals surface area contributed by atoms with E-state index in [1.54, 1.807) is 42.6 Å². The van der Waals surface area contributed by atoms with Crippen molar-refractivity contribution < 1.29 is 27.5 Å². The van der Waals surface area contributed by atoms with E-state index >= 15 is 0 Å². The highest BCUT2D eigenvalue weighted by Crippen LogP contribution is 2.36. The van der Waals surface area contributed by atoms with Crippen LogP contribution in [0.1, 0.15) is 18.9 Å². The molecule has 1 aliphatic heterocycles. The van der Waals surface area contributed by atoms with Gasteiger partial charge in [0.1, 0.15) is 0 Å². The van der Waals surface area contributed by atoms with Gasteiger partial charge in [0, 0.05) is 6.54 Å². The monoisotopic (exact) mass is 330 g/mol. The number of urea groups is 1. The Morgan fingerprint density at radius 2 is 1.87 bits per heavy atom. The lowest BCUT2D eigenvalue weighted by Crippen LogP contribution is -2.60. The van der Waals surface area contributed by atoms with Crippen molar-refractivity contribution in [3.63, 3.8) is 0 Å². The zero-order valence-electron chi connectivity index (χ0n) is 12.5. The molecule has 0 radical (unpaired) electrons. The third kappa shape index (κ3) is 3.31. The summed E-state index contributed by atoms with van der Waals surface area (Å²) in [6.45, 7) is 1.17. The Labute approximate surface area is 131 Å². The van der Waals surface area contributed by atoms with Gasteiger partial charge in [-0.3, -0.25) is 15.0 Å². The average Bonchev–Trinajstić information content (AvgIpc) is 2.75. The maximum absolute atomic E-state index is 13.3. The van der Waals surface area contributed by atoms with E-state index in [-0.39, 0.29) is 26.0 Å². The van der Waals surface area contributed by atoms with Crippen LogP contribution in [0, 0.1) is 0 Å². The van der Waals surface area contributed by atoms with Crippen molar-refractivity contribution in [2.75, 3.05) is 13.2 Å². The lowest BCUT2D eigenvalue weighted by atomic mass is 10.1. The second kappa shape index (κ2) is 6.57. The Hall–Kier alpha value is -2.09. The summed E-state index contributed by atoms with van der Waals surface area (Å²) in [4.78, 5) is 24.6. The van der Waals surface area contributed by atoms with Crippen LogP contribution in [0.4, 0.5) is 18.0 Å². The number of ether oxygens (including phenoxy) is 1. The van der Waals surface area contributed by atoms with Crippen LogP contribution < -0.4 is 5.32 Å².